The summed E-state index contributed by atoms with van der Waals surface area (Å²) in [4.78, 5) is 16.4. The molecule has 33 heavy (non-hydrogen) atoms. The minimum Gasteiger partial charge on any atom is -0.348 e. The first kappa shape index (κ1) is 20.6. The van der Waals surface area contributed by atoms with Crippen molar-refractivity contribution in [1.29, 1.82) is 5.26 Å². The average molecular weight is 458 g/mol. The monoisotopic (exact) mass is 457 g/mol. The van der Waals surface area contributed by atoms with Crippen molar-refractivity contribution in [2.75, 3.05) is 11.9 Å². The molecule has 0 aromatic carbocycles. The number of fused-ring (bicyclic) bond motifs is 4. The topological polar surface area (TPSA) is 82.1 Å². The first-order valence-corrected chi connectivity index (χ1v) is 12.2. The standard InChI is InChI=1S/C25H27N7S/c1-15-13-32-14-17(7-16(11-26)22(32)28-15)19-8-21-20(12-27-19)29-23(33-21)31(4)18-9-24(2)5-6-25(3,10-18)30-24/h7-8,12-14,18,30H,5-6,9-10H2,1-4H3/t18-,24+,25-. The van der Waals surface area contributed by atoms with E-state index >= 15 is 0 Å². The predicted molar refractivity (Wildman–Crippen MR) is 132 cm³/mol. The molecule has 7 nitrogen and oxygen atoms in total. The molecule has 4 aromatic rings. The van der Waals surface area contributed by atoms with Gasteiger partial charge in [-0.15, -0.1) is 0 Å². The number of nitriles is 1. The Morgan fingerprint density at radius 2 is 1.94 bits per heavy atom. The van der Waals surface area contributed by atoms with Gasteiger partial charge in [-0.05, 0) is 58.6 Å². The molecule has 6 rings (SSSR count). The van der Waals surface area contributed by atoms with Crippen LogP contribution in [0.2, 0.25) is 0 Å². The fourth-order valence-corrected chi connectivity index (χ4v) is 6.83. The number of rotatable bonds is 3. The van der Waals surface area contributed by atoms with Crippen molar-refractivity contribution in [2.24, 2.45) is 0 Å². The maximum Gasteiger partial charge on any atom is 0.186 e. The Balaban J connectivity index is 1.34. The summed E-state index contributed by atoms with van der Waals surface area (Å²) >= 11 is 1.72. The summed E-state index contributed by atoms with van der Waals surface area (Å²) in [6.07, 6.45) is 10.5. The predicted octanol–water partition coefficient (Wildman–Crippen LogP) is 4.69. The molecule has 2 fully saturated rings. The van der Waals surface area contributed by atoms with E-state index in [9.17, 15) is 5.26 Å². The maximum atomic E-state index is 9.61. The number of pyridine rings is 2. The van der Waals surface area contributed by atoms with Crippen molar-refractivity contribution in [3.05, 3.63) is 42.0 Å². The van der Waals surface area contributed by atoms with Crippen molar-refractivity contribution in [3.8, 4) is 17.3 Å². The summed E-state index contributed by atoms with van der Waals surface area (Å²) in [7, 11) is 2.18. The lowest BCUT2D eigenvalue weighted by atomic mass is 9.84. The number of aromatic nitrogens is 4. The Morgan fingerprint density at radius 1 is 1.18 bits per heavy atom. The largest absolute Gasteiger partial charge is 0.348 e. The molecule has 0 amide bonds. The second-order valence-electron chi connectivity index (χ2n) is 10.3. The number of hydrogen-bond donors (Lipinski definition) is 1. The van der Waals surface area contributed by atoms with E-state index in [-0.39, 0.29) is 11.1 Å². The molecule has 2 bridgehead atoms. The molecule has 0 aliphatic carbocycles. The normalized spacial score (nSPS) is 26.7. The van der Waals surface area contributed by atoms with Gasteiger partial charge in [0.15, 0.2) is 10.8 Å². The van der Waals surface area contributed by atoms with Crippen molar-refractivity contribution < 1.29 is 0 Å². The molecule has 8 heteroatoms. The minimum absolute atomic E-state index is 0.222. The molecule has 0 spiro atoms. The fourth-order valence-electron chi connectivity index (χ4n) is 5.83. The Bertz CT molecular complexity index is 1430. The first-order valence-electron chi connectivity index (χ1n) is 11.4. The van der Waals surface area contributed by atoms with E-state index in [1.807, 2.05) is 36.0 Å². The molecule has 2 saturated heterocycles. The van der Waals surface area contributed by atoms with Crippen LogP contribution in [0.3, 0.4) is 0 Å². The Morgan fingerprint density at radius 3 is 2.67 bits per heavy atom. The SMILES string of the molecule is Cc1cn2cc(-c3cc4sc(N(C)[C@@H]5C[C@]6(C)CC[C@](C)(C5)N6)nc4cn3)cc(C#N)c2n1. The molecule has 0 unspecified atom stereocenters. The van der Waals surface area contributed by atoms with E-state index in [4.69, 9.17) is 4.98 Å². The summed E-state index contributed by atoms with van der Waals surface area (Å²) in [6, 6.07) is 6.71. The van der Waals surface area contributed by atoms with Crippen LogP contribution in [0.15, 0.2) is 30.7 Å². The van der Waals surface area contributed by atoms with E-state index in [2.05, 4.69) is 53.2 Å². The Hall–Kier alpha value is -3.02. The summed E-state index contributed by atoms with van der Waals surface area (Å²) < 4.78 is 3.02. The van der Waals surface area contributed by atoms with Gasteiger partial charge in [-0.25, -0.2) is 9.97 Å². The van der Waals surface area contributed by atoms with Gasteiger partial charge in [0.2, 0.25) is 0 Å². The van der Waals surface area contributed by atoms with Crippen LogP contribution in [0.1, 0.15) is 50.8 Å². The number of anilines is 1. The van der Waals surface area contributed by atoms with Gasteiger partial charge in [-0.1, -0.05) is 11.3 Å². The quantitative estimate of drug-likeness (QED) is 0.481. The Labute approximate surface area is 197 Å². The van der Waals surface area contributed by atoms with Crippen molar-refractivity contribution in [1.82, 2.24) is 24.7 Å². The van der Waals surface area contributed by atoms with Gasteiger partial charge in [0.05, 0.1) is 27.8 Å². The summed E-state index contributed by atoms with van der Waals surface area (Å²) in [6.45, 7) is 6.66. The van der Waals surface area contributed by atoms with Gasteiger partial charge in [0, 0.05) is 42.1 Å². The number of piperidine rings is 1. The van der Waals surface area contributed by atoms with Crippen LogP contribution >= 0.6 is 11.3 Å². The van der Waals surface area contributed by atoms with Gasteiger partial charge in [0.25, 0.3) is 0 Å². The number of thiazole rings is 1. The van der Waals surface area contributed by atoms with E-state index < -0.39 is 0 Å². The van der Waals surface area contributed by atoms with Crippen LogP contribution in [-0.4, -0.2) is 43.5 Å². The zero-order chi connectivity index (χ0) is 23.0. The van der Waals surface area contributed by atoms with Crippen LogP contribution in [-0.2, 0) is 0 Å². The fraction of sp³-hybridized carbons (Fsp3) is 0.440. The molecule has 0 radical (unpaired) electrons. The summed E-state index contributed by atoms with van der Waals surface area (Å²) in [5.74, 6) is 0. The van der Waals surface area contributed by atoms with E-state index in [0.29, 0.717) is 17.3 Å². The van der Waals surface area contributed by atoms with Crippen LogP contribution in [0, 0.1) is 18.3 Å². The third-order valence-corrected chi connectivity index (χ3v) is 8.51. The zero-order valence-electron chi connectivity index (χ0n) is 19.4. The number of hydrogen-bond acceptors (Lipinski definition) is 7. The third-order valence-electron chi connectivity index (χ3n) is 7.41. The smallest absolute Gasteiger partial charge is 0.186 e. The van der Waals surface area contributed by atoms with Crippen LogP contribution in [0.5, 0.6) is 0 Å². The lowest BCUT2D eigenvalue weighted by Crippen LogP contribution is -2.58. The third kappa shape index (κ3) is 3.38. The molecule has 0 saturated carbocycles. The van der Waals surface area contributed by atoms with Crippen molar-refractivity contribution >= 4 is 32.3 Å². The zero-order valence-corrected chi connectivity index (χ0v) is 20.2. The summed E-state index contributed by atoms with van der Waals surface area (Å²) in [5.41, 5.74) is 5.22. The van der Waals surface area contributed by atoms with E-state index in [1.165, 1.54) is 12.8 Å². The first-order chi connectivity index (χ1) is 15.7. The van der Waals surface area contributed by atoms with Gasteiger partial charge < -0.3 is 14.6 Å². The molecule has 1 N–H and O–H groups in total. The van der Waals surface area contributed by atoms with Crippen molar-refractivity contribution in [2.45, 2.75) is 63.6 Å². The van der Waals surface area contributed by atoms with Gasteiger partial charge in [-0.3, -0.25) is 4.98 Å². The second-order valence-corrected chi connectivity index (χ2v) is 11.3. The lowest BCUT2D eigenvalue weighted by molar-refractivity contribution is 0.208. The number of nitrogens with zero attached hydrogens (tertiary/aromatic N) is 6. The van der Waals surface area contributed by atoms with E-state index in [1.54, 1.807) is 11.3 Å². The van der Waals surface area contributed by atoms with E-state index in [0.717, 1.165) is 45.1 Å². The highest BCUT2D eigenvalue weighted by Gasteiger charge is 2.49. The Kier molecular flexibility index (Phi) is 4.36. The van der Waals surface area contributed by atoms with Gasteiger partial charge in [-0.2, -0.15) is 5.26 Å². The van der Waals surface area contributed by atoms with Crippen LogP contribution in [0.4, 0.5) is 5.13 Å². The molecular weight excluding hydrogens is 430 g/mol. The van der Waals surface area contributed by atoms with Crippen molar-refractivity contribution in [3.63, 3.8) is 0 Å². The molecule has 3 atom stereocenters. The highest BCUT2D eigenvalue weighted by Crippen LogP contribution is 2.44. The summed E-state index contributed by atoms with van der Waals surface area (Å²) in [5, 5.41) is 14.5. The molecule has 168 valence electrons. The number of nitrogens with one attached hydrogen (secondary N) is 1. The lowest BCUT2D eigenvalue weighted by Gasteiger charge is -2.45. The minimum atomic E-state index is 0.222. The second kappa shape index (κ2) is 6.99. The number of imidazole rings is 1. The maximum absolute atomic E-state index is 9.61. The molecule has 4 aromatic heterocycles. The van der Waals surface area contributed by atoms with Gasteiger partial charge >= 0.3 is 0 Å². The molecule has 2 aliphatic rings. The van der Waals surface area contributed by atoms with Gasteiger partial charge in [0.1, 0.15) is 11.6 Å². The molecule has 6 heterocycles. The highest BCUT2D eigenvalue weighted by atomic mass is 32.1. The number of aryl methyl sites for hydroxylation is 1. The van der Waals surface area contributed by atoms with Crippen LogP contribution in [0.25, 0.3) is 27.1 Å². The highest BCUT2D eigenvalue weighted by molar-refractivity contribution is 7.22. The average Bonchev–Trinajstić information content (AvgIpc) is 3.43. The van der Waals surface area contributed by atoms with Crippen LogP contribution < -0.4 is 10.2 Å². The molecule has 2 aliphatic heterocycles. The molecular formula is C25H27N7S.